The lowest BCUT2D eigenvalue weighted by Crippen LogP contribution is -2.00. The second-order valence-electron chi connectivity index (χ2n) is 4.51. The van der Waals surface area contributed by atoms with Crippen molar-refractivity contribution >= 4 is 17.2 Å². The molecule has 0 unspecified atom stereocenters. The van der Waals surface area contributed by atoms with Crippen LogP contribution in [0.15, 0.2) is 42.7 Å². The van der Waals surface area contributed by atoms with E-state index in [0.29, 0.717) is 12.1 Å². The Bertz CT molecular complexity index is 724. The number of hydrogen-bond acceptors (Lipinski definition) is 2. The second-order valence-corrected chi connectivity index (χ2v) is 4.51. The minimum Gasteiger partial charge on any atom is -0.348 e. The molecule has 0 fully saturated rings. The normalized spacial score (nSPS) is 11.0. The molecule has 4 nitrogen and oxygen atoms in total. The van der Waals surface area contributed by atoms with Crippen LogP contribution < -0.4 is 0 Å². The highest BCUT2D eigenvalue weighted by Gasteiger charge is 2.09. The predicted octanol–water partition coefficient (Wildman–Crippen LogP) is 2.72. The average molecular weight is 253 g/mol. The molecule has 2 heterocycles. The zero-order valence-corrected chi connectivity index (χ0v) is 10.8. The molecule has 1 aromatic carbocycles. The van der Waals surface area contributed by atoms with Crippen LogP contribution in [0.5, 0.6) is 0 Å². The van der Waals surface area contributed by atoms with E-state index in [-0.39, 0.29) is 0 Å². The molecule has 0 aliphatic heterocycles. The maximum Gasteiger partial charge on any atom is 0.151 e. The minimum absolute atomic E-state index is 0.682. The third-order valence-corrected chi connectivity index (χ3v) is 3.28. The summed E-state index contributed by atoms with van der Waals surface area (Å²) in [7, 11) is 0. The summed E-state index contributed by atoms with van der Waals surface area (Å²) in [6.07, 6.45) is 4.61. The monoisotopic (exact) mass is 253 g/mol. The molecule has 3 rings (SSSR count). The molecule has 0 amide bonds. The molecule has 0 N–H and O–H groups in total. The lowest BCUT2D eigenvalue weighted by Gasteiger charge is -1.99. The lowest BCUT2D eigenvalue weighted by atomic mass is 10.2. The van der Waals surface area contributed by atoms with Crippen molar-refractivity contribution in [1.29, 1.82) is 0 Å². The van der Waals surface area contributed by atoms with Gasteiger partial charge in [-0.3, -0.25) is 9.48 Å². The Kier molecular flexibility index (Phi) is 2.91. The van der Waals surface area contributed by atoms with E-state index in [1.165, 1.54) is 5.39 Å². The van der Waals surface area contributed by atoms with Gasteiger partial charge >= 0.3 is 0 Å². The quantitative estimate of drug-likeness (QED) is 0.671. The van der Waals surface area contributed by atoms with Crippen molar-refractivity contribution in [2.24, 2.45) is 0 Å². The summed E-state index contributed by atoms with van der Waals surface area (Å²) >= 11 is 0. The van der Waals surface area contributed by atoms with E-state index >= 15 is 0 Å². The van der Waals surface area contributed by atoms with E-state index in [0.717, 1.165) is 24.0 Å². The van der Waals surface area contributed by atoms with E-state index in [2.05, 4.69) is 24.2 Å². The number of hydrogen-bond donors (Lipinski definition) is 0. The van der Waals surface area contributed by atoms with Crippen molar-refractivity contribution in [2.75, 3.05) is 0 Å². The van der Waals surface area contributed by atoms with Gasteiger partial charge in [0.1, 0.15) is 0 Å². The molecule has 0 radical (unpaired) electrons. The summed E-state index contributed by atoms with van der Waals surface area (Å²) in [6.45, 7) is 3.62. The zero-order chi connectivity index (χ0) is 13.2. The standard InChI is InChI=1S/C15H15N3O/c1-2-18-15-6-4-3-5-13(15)14(16-18)10-17-8-7-12(9-17)11-19/h3-9,11H,2,10H2,1H3. The molecule has 19 heavy (non-hydrogen) atoms. The van der Waals surface area contributed by atoms with Crippen LogP contribution in [0.3, 0.4) is 0 Å². The van der Waals surface area contributed by atoms with Crippen molar-refractivity contribution in [2.45, 2.75) is 20.0 Å². The Balaban J connectivity index is 2.02. The van der Waals surface area contributed by atoms with Gasteiger partial charge in [0.2, 0.25) is 0 Å². The molecule has 3 aromatic rings. The Hall–Kier alpha value is -2.36. The van der Waals surface area contributed by atoms with Gasteiger partial charge in [0.15, 0.2) is 6.29 Å². The highest BCUT2D eigenvalue weighted by molar-refractivity contribution is 5.82. The molecular weight excluding hydrogens is 238 g/mol. The molecule has 0 aliphatic carbocycles. The van der Waals surface area contributed by atoms with Crippen molar-refractivity contribution in [1.82, 2.24) is 14.3 Å². The number of benzene rings is 1. The summed E-state index contributed by atoms with van der Waals surface area (Å²) in [5.41, 5.74) is 2.88. The zero-order valence-electron chi connectivity index (χ0n) is 10.8. The molecule has 0 aliphatic rings. The van der Waals surface area contributed by atoms with Gasteiger partial charge in [-0.2, -0.15) is 5.10 Å². The third-order valence-electron chi connectivity index (χ3n) is 3.28. The van der Waals surface area contributed by atoms with Crippen molar-refractivity contribution in [3.05, 3.63) is 54.0 Å². The van der Waals surface area contributed by atoms with Crippen molar-refractivity contribution in [3.63, 3.8) is 0 Å². The van der Waals surface area contributed by atoms with Gasteiger partial charge < -0.3 is 4.57 Å². The van der Waals surface area contributed by atoms with Crippen molar-refractivity contribution in [3.8, 4) is 0 Å². The maximum atomic E-state index is 10.7. The van der Waals surface area contributed by atoms with Gasteiger partial charge in [0, 0.05) is 29.9 Å². The minimum atomic E-state index is 0.682. The first-order chi connectivity index (χ1) is 9.31. The molecule has 0 saturated heterocycles. The van der Waals surface area contributed by atoms with E-state index in [1.54, 1.807) is 0 Å². The number of aryl methyl sites for hydroxylation is 1. The predicted molar refractivity (Wildman–Crippen MR) is 74.3 cm³/mol. The van der Waals surface area contributed by atoms with Crippen LogP contribution in [0, 0.1) is 0 Å². The van der Waals surface area contributed by atoms with Crippen LogP contribution in [-0.2, 0) is 13.1 Å². The number of carbonyl (C=O) groups excluding carboxylic acids is 1. The number of carbonyl (C=O) groups is 1. The number of rotatable bonds is 4. The van der Waals surface area contributed by atoms with Crippen LogP contribution in [0.25, 0.3) is 10.9 Å². The molecule has 0 bridgehead atoms. The summed E-state index contributed by atoms with van der Waals surface area (Å²) in [6, 6.07) is 10.0. The largest absolute Gasteiger partial charge is 0.348 e. The van der Waals surface area contributed by atoms with Crippen LogP contribution >= 0.6 is 0 Å². The average Bonchev–Trinajstić information content (AvgIpc) is 3.04. The first kappa shape index (κ1) is 11.7. The lowest BCUT2D eigenvalue weighted by molar-refractivity contribution is 0.112. The van der Waals surface area contributed by atoms with Gasteiger partial charge in [-0.15, -0.1) is 0 Å². The van der Waals surface area contributed by atoms with Gasteiger partial charge in [-0.1, -0.05) is 18.2 Å². The van der Waals surface area contributed by atoms with Crippen LogP contribution in [-0.4, -0.2) is 20.6 Å². The number of para-hydroxylation sites is 1. The Morgan fingerprint density at radius 3 is 2.84 bits per heavy atom. The smallest absolute Gasteiger partial charge is 0.151 e. The molecule has 0 spiro atoms. The van der Waals surface area contributed by atoms with Gasteiger partial charge in [-0.05, 0) is 19.1 Å². The fraction of sp³-hybridized carbons (Fsp3) is 0.200. The fourth-order valence-corrected chi connectivity index (χ4v) is 2.35. The Morgan fingerprint density at radius 2 is 2.11 bits per heavy atom. The number of aromatic nitrogens is 3. The van der Waals surface area contributed by atoms with Gasteiger partial charge in [-0.25, -0.2) is 0 Å². The number of fused-ring (bicyclic) bond motifs is 1. The summed E-state index contributed by atoms with van der Waals surface area (Å²) < 4.78 is 3.99. The Labute approximate surface area is 111 Å². The van der Waals surface area contributed by atoms with Gasteiger partial charge in [0.25, 0.3) is 0 Å². The molecule has 96 valence electrons. The third kappa shape index (κ3) is 2.05. The van der Waals surface area contributed by atoms with Crippen LogP contribution in [0.1, 0.15) is 23.0 Å². The van der Waals surface area contributed by atoms with E-state index < -0.39 is 0 Å². The van der Waals surface area contributed by atoms with Crippen LogP contribution in [0.4, 0.5) is 0 Å². The summed E-state index contributed by atoms with van der Waals surface area (Å²) in [4.78, 5) is 10.7. The molecular formula is C15H15N3O. The van der Waals surface area contributed by atoms with Crippen LogP contribution in [0.2, 0.25) is 0 Å². The van der Waals surface area contributed by atoms with E-state index in [9.17, 15) is 4.79 Å². The topological polar surface area (TPSA) is 39.8 Å². The summed E-state index contributed by atoms with van der Waals surface area (Å²) in [5.74, 6) is 0. The SMILES string of the molecule is CCn1nc(Cn2ccc(C=O)c2)c2ccccc21. The first-order valence-corrected chi connectivity index (χ1v) is 6.37. The van der Waals surface area contributed by atoms with Crippen molar-refractivity contribution < 1.29 is 4.79 Å². The number of aldehydes is 1. The molecule has 2 aromatic heterocycles. The molecule has 0 saturated carbocycles. The molecule has 0 atom stereocenters. The van der Waals surface area contributed by atoms with E-state index in [1.807, 2.05) is 39.8 Å². The highest BCUT2D eigenvalue weighted by Crippen LogP contribution is 2.19. The maximum absolute atomic E-state index is 10.7. The second kappa shape index (κ2) is 4.72. The van der Waals surface area contributed by atoms with Gasteiger partial charge in [0.05, 0.1) is 17.8 Å². The fourth-order valence-electron chi connectivity index (χ4n) is 2.35. The summed E-state index contributed by atoms with van der Waals surface area (Å²) in [5, 5.41) is 5.82. The Morgan fingerprint density at radius 1 is 1.26 bits per heavy atom. The molecule has 4 heteroatoms. The number of nitrogens with zero attached hydrogens (tertiary/aromatic N) is 3. The first-order valence-electron chi connectivity index (χ1n) is 6.37. The highest BCUT2D eigenvalue weighted by atomic mass is 16.1. The van der Waals surface area contributed by atoms with E-state index in [4.69, 9.17) is 0 Å².